The molecule has 0 saturated carbocycles. The first kappa shape index (κ1) is 16.0. The molecule has 0 saturated heterocycles. The Bertz CT molecular complexity index is 291. The lowest BCUT2D eigenvalue weighted by atomic mass is 9.97. The van der Waals surface area contributed by atoms with E-state index in [2.05, 4.69) is 19.2 Å². The number of ether oxygens (including phenoxy) is 1. The Hall–Kier alpha value is -1.01. The van der Waals surface area contributed by atoms with Gasteiger partial charge in [-0.25, -0.2) is 0 Å². The standard InChI is InChI=1S/C15H26O2/c1-7-12(2)11-13(3)9-8-10-17-14(16)15(4,5)6/h13H,1,8-11H2,2-6H3/t13-/m1/s1. The largest absolute Gasteiger partial charge is 0.465 e. The molecular weight excluding hydrogens is 212 g/mol. The van der Waals surface area contributed by atoms with E-state index in [1.54, 1.807) is 0 Å². The predicted molar refractivity (Wildman–Crippen MR) is 71.8 cm³/mol. The quantitative estimate of drug-likeness (QED) is 0.395. The molecule has 1 atom stereocenters. The average Bonchev–Trinajstić information content (AvgIpc) is 2.22. The minimum atomic E-state index is -0.395. The van der Waals surface area contributed by atoms with Crippen LogP contribution in [-0.4, -0.2) is 12.6 Å². The zero-order chi connectivity index (χ0) is 13.5. The Kier molecular flexibility index (Phi) is 6.91. The fourth-order valence-corrected chi connectivity index (χ4v) is 1.51. The maximum atomic E-state index is 11.5. The van der Waals surface area contributed by atoms with Crippen molar-refractivity contribution in [1.29, 1.82) is 0 Å². The molecule has 0 N–H and O–H groups in total. The third kappa shape index (κ3) is 7.82. The van der Waals surface area contributed by atoms with Gasteiger partial charge in [-0.3, -0.25) is 4.79 Å². The highest BCUT2D eigenvalue weighted by Crippen LogP contribution is 2.17. The lowest BCUT2D eigenvalue weighted by molar-refractivity contribution is -0.153. The Morgan fingerprint density at radius 3 is 2.47 bits per heavy atom. The second-order valence-corrected chi connectivity index (χ2v) is 5.79. The van der Waals surface area contributed by atoms with Crippen LogP contribution in [0.15, 0.2) is 17.9 Å². The van der Waals surface area contributed by atoms with Crippen molar-refractivity contribution in [3.05, 3.63) is 17.9 Å². The highest BCUT2D eigenvalue weighted by Gasteiger charge is 2.22. The summed E-state index contributed by atoms with van der Waals surface area (Å²) in [5.41, 5.74) is 3.71. The van der Waals surface area contributed by atoms with E-state index in [9.17, 15) is 4.79 Å². The van der Waals surface area contributed by atoms with Crippen LogP contribution in [0.3, 0.4) is 0 Å². The van der Waals surface area contributed by atoms with E-state index in [1.165, 1.54) is 5.57 Å². The van der Waals surface area contributed by atoms with Crippen molar-refractivity contribution < 1.29 is 9.53 Å². The second kappa shape index (κ2) is 7.34. The van der Waals surface area contributed by atoms with Gasteiger partial charge < -0.3 is 4.74 Å². The zero-order valence-corrected chi connectivity index (χ0v) is 11.9. The molecule has 0 fully saturated rings. The topological polar surface area (TPSA) is 26.3 Å². The molecule has 0 heterocycles. The summed E-state index contributed by atoms with van der Waals surface area (Å²) in [6.45, 7) is 14.0. The molecule has 0 aromatic heterocycles. The van der Waals surface area contributed by atoms with Gasteiger partial charge in [0.05, 0.1) is 12.0 Å². The maximum Gasteiger partial charge on any atom is 0.311 e. The minimum absolute atomic E-state index is 0.118. The van der Waals surface area contributed by atoms with Gasteiger partial charge >= 0.3 is 5.97 Å². The molecule has 0 radical (unpaired) electrons. The van der Waals surface area contributed by atoms with E-state index >= 15 is 0 Å². The zero-order valence-electron chi connectivity index (χ0n) is 11.9. The van der Waals surface area contributed by atoms with E-state index in [-0.39, 0.29) is 5.97 Å². The van der Waals surface area contributed by atoms with Gasteiger partial charge in [0.1, 0.15) is 0 Å². The Morgan fingerprint density at radius 1 is 1.41 bits per heavy atom. The first-order valence-electron chi connectivity index (χ1n) is 6.30. The van der Waals surface area contributed by atoms with Crippen molar-refractivity contribution in [2.75, 3.05) is 6.61 Å². The highest BCUT2D eigenvalue weighted by molar-refractivity contribution is 5.75. The summed E-state index contributed by atoms with van der Waals surface area (Å²) >= 11 is 0. The summed E-state index contributed by atoms with van der Waals surface area (Å²) in [6, 6.07) is 0. The summed E-state index contributed by atoms with van der Waals surface area (Å²) in [5, 5.41) is 0. The van der Waals surface area contributed by atoms with E-state index in [4.69, 9.17) is 4.74 Å². The second-order valence-electron chi connectivity index (χ2n) is 5.79. The van der Waals surface area contributed by atoms with Gasteiger partial charge in [0, 0.05) is 0 Å². The molecule has 0 aromatic rings. The number of hydrogen-bond donors (Lipinski definition) is 0. The van der Waals surface area contributed by atoms with Crippen molar-refractivity contribution in [2.24, 2.45) is 11.3 Å². The van der Waals surface area contributed by atoms with Crippen molar-refractivity contribution in [3.8, 4) is 0 Å². The molecule has 98 valence electrons. The molecule has 0 aromatic carbocycles. The minimum Gasteiger partial charge on any atom is -0.465 e. The third-order valence-electron chi connectivity index (χ3n) is 2.64. The summed E-state index contributed by atoms with van der Waals surface area (Å²) in [5.74, 6) is 0.477. The normalized spacial score (nSPS) is 12.8. The van der Waals surface area contributed by atoms with Crippen molar-refractivity contribution in [1.82, 2.24) is 0 Å². The molecule has 0 aliphatic carbocycles. The van der Waals surface area contributed by atoms with Crippen LogP contribution in [0.25, 0.3) is 0 Å². The molecule has 0 bridgehead atoms. The monoisotopic (exact) mass is 238 g/mol. The van der Waals surface area contributed by atoms with Gasteiger partial charge in [-0.15, -0.1) is 5.73 Å². The van der Waals surface area contributed by atoms with Crippen LogP contribution in [0.1, 0.15) is 53.9 Å². The summed E-state index contributed by atoms with van der Waals surface area (Å²) < 4.78 is 5.21. The van der Waals surface area contributed by atoms with Crippen molar-refractivity contribution >= 4 is 5.97 Å². The van der Waals surface area contributed by atoms with Gasteiger partial charge in [-0.05, 0) is 58.4 Å². The van der Waals surface area contributed by atoms with E-state index in [1.807, 2.05) is 27.7 Å². The first-order valence-corrected chi connectivity index (χ1v) is 6.30. The van der Waals surface area contributed by atoms with Crippen LogP contribution < -0.4 is 0 Å². The fraction of sp³-hybridized carbons (Fsp3) is 0.733. The van der Waals surface area contributed by atoms with Crippen LogP contribution in [-0.2, 0) is 9.53 Å². The molecule has 0 unspecified atom stereocenters. The molecule has 0 aliphatic heterocycles. The number of hydrogen-bond acceptors (Lipinski definition) is 2. The summed E-state index contributed by atoms with van der Waals surface area (Å²) in [7, 11) is 0. The number of rotatable bonds is 6. The molecule has 17 heavy (non-hydrogen) atoms. The molecule has 2 heteroatoms. The van der Waals surface area contributed by atoms with E-state index in [0.717, 1.165) is 19.3 Å². The molecule has 0 amide bonds. The molecule has 0 aliphatic rings. The molecule has 0 spiro atoms. The van der Waals surface area contributed by atoms with Gasteiger partial charge in [-0.1, -0.05) is 13.5 Å². The van der Waals surface area contributed by atoms with Crippen LogP contribution in [0, 0.1) is 11.3 Å². The summed E-state index contributed by atoms with van der Waals surface area (Å²) in [6.07, 6.45) is 3.01. The highest BCUT2D eigenvalue weighted by atomic mass is 16.5. The number of carbonyl (C=O) groups is 1. The molecule has 2 nitrogen and oxygen atoms in total. The molecular formula is C15H26O2. The van der Waals surface area contributed by atoms with Crippen LogP contribution >= 0.6 is 0 Å². The number of allylic oxidation sites excluding steroid dienone is 1. The van der Waals surface area contributed by atoms with E-state index in [0.29, 0.717) is 12.5 Å². The fourth-order valence-electron chi connectivity index (χ4n) is 1.51. The van der Waals surface area contributed by atoms with Gasteiger partial charge in [0.2, 0.25) is 0 Å². The van der Waals surface area contributed by atoms with Crippen molar-refractivity contribution in [2.45, 2.75) is 53.9 Å². The first-order chi connectivity index (χ1) is 7.77. The smallest absolute Gasteiger partial charge is 0.311 e. The Balaban J connectivity index is 3.72. The van der Waals surface area contributed by atoms with Gasteiger partial charge in [-0.2, -0.15) is 0 Å². The van der Waals surface area contributed by atoms with Gasteiger partial charge in [0.15, 0.2) is 0 Å². The van der Waals surface area contributed by atoms with Gasteiger partial charge in [0.25, 0.3) is 0 Å². The Labute approximate surface area is 106 Å². The van der Waals surface area contributed by atoms with Crippen LogP contribution in [0.5, 0.6) is 0 Å². The van der Waals surface area contributed by atoms with Crippen LogP contribution in [0.2, 0.25) is 0 Å². The lowest BCUT2D eigenvalue weighted by Gasteiger charge is -2.17. The SMILES string of the molecule is C=C=C(C)C[C@H](C)CCCOC(=O)C(C)(C)C. The average molecular weight is 238 g/mol. The molecule has 0 rings (SSSR count). The predicted octanol–water partition coefficient (Wildman–Crippen LogP) is 4.11. The number of esters is 1. The van der Waals surface area contributed by atoms with Crippen LogP contribution in [0.4, 0.5) is 0 Å². The Morgan fingerprint density at radius 2 is 2.00 bits per heavy atom. The summed E-state index contributed by atoms with van der Waals surface area (Å²) in [4.78, 5) is 11.5. The number of carbonyl (C=O) groups excluding carboxylic acids is 1. The third-order valence-corrected chi connectivity index (χ3v) is 2.64. The maximum absolute atomic E-state index is 11.5. The van der Waals surface area contributed by atoms with Crippen molar-refractivity contribution in [3.63, 3.8) is 0 Å². The lowest BCUT2D eigenvalue weighted by Crippen LogP contribution is -2.23. The van der Waals surface area contributed by atoms with E-state index < -0.39 is 5.41 Å².